The van der Waals surface area contributed by atoms with Crippen LogP contribution in [0.4, 0.5) is 13.2 Å². The SMILES string of the molecule is COc1ccc(CC(=O)NC[C@](O)(c2ccccc2)C(F)(F)F)cc1OC. The molecule has 0 aliphatic carbocycles. The maximum Gasteiger partial charge on any atom is 0.423 e. The first-order valence-electron chi connectivity index (χ1n) is 8.03. The highest BCUT2D eigenvalue weighted by atomic mass is 19.4. The Morgan fingerprint density at radius 2 is 1.67 bits per heavy atom. The minimum absolute atomic E-state index is 0.177. The molecule has 27 heavy (non-hydrogen) atoms. The first kappa shape index (κ1) is 20.6. The second-order valence-electron chi connectivity index (χ2n) is 5.87. The maximum atomic E-state index is 13.4. The van der Waals surface area contributed by atoms with Crippen LogP contribution in [0.2, 0.25) is 0 Å². The lowest BCUT2D eigenvalue weighted by atomic mass is 9.93. The van der Waals surface area contributed by atoms with Crippen LogP contribution in [0.15, 0.2) is 48.5 Å². The molecular weight excluding hydrogens is 363 g/mol. The topological polar surface area (TPSA) is 67.8 Å². The summed E-state index contributed by atoms with van der Waals surface area (Å²) in [5.41, 5.74) is -2.99. The lowest BCUT2D eigenvalue weighted by Crippen LogP contribution is -2.51. The lowest BCUT2D eigenvalue weighted by molar-refractivity contribution is -0.264. The number of alkyl halides is 3. The molecule has 0 aliphatic heterocycles. The smallest absolute Gasteiger partial charge is 0.423 e. The van der Waals surface area contributed by atoms with Crippen LogP contribution in [0.3, 0.4) is 0 Å². The van der Waals surface area contributed by atoms with E-state index in [-0.39, 0.29) is 12.0 Å². The van der Waals surface area contributed by atoms with Crippen LogP contribution in [0, 0.1) is 0 Å². The fraction of sp³-hybridized carbons (Fsp3) is 0.316. The van der Waals surface area contributed by atoms with E-state index in [0.29, 0.717) is 17.1 Å². The molecule has 1 atom stereocenters. The van der Waals surface area contributed by atoms with Gasteiger partial charge in [-0.1, -0.05) is 36.4 Å². The number of rotatable bonds is 7. The zero-order valence-electron chi connectivity index (χ0n) is 14.8. The van der Waals surface area contributed by atoms with Gasteiger partial charge in [0, 0.05) is 0 Å². The van der Waals surface area contributed by atoms with Gasteiger partial charge in [-0.3, -0.25) is 4.79 Å². The van der Waals surface area contributed by atoms with Gasteiger partial charge in [0.15, 0.2) is 11.5 Å². The molecule has 0 fully saturated rings. The fourth-order valence-electron chi connectivity index (χ4n) is 2.54. The Hall–Kier alpha value is -2.74. The van der Waals surface area contributed by atoms with Crippen molar-refractivity contribution >= 4 is 5.91 Å². The van der Waals surface area contributed by atoms with Crippen molar-refractivity contribution in [2.24, 2.45) is 0 Å². The predicted molar refractivity (Wildman–Crippen MR) is 92.7 cm³/mol. The van der Waals surface area contributed by atoms with Crippen molar-refractivity contribution in [3.8, 4) is 11.5 Å². The number of benzene rings is 2. The minimum atomic E-state index is -4.95. The highest BCUT2D eigenvalue weighted by molar-refractivity contribution is 5.79. The molecule has 5 nitrogen and oxygen atoms in total. The number of aliphatic hydroxyl groups is 1. The van der Waals surface area contributed by atoms with E-state index in [1.54, 1.807) is 18.2 Å². The number of ether oxygens (including phenoxy) is 2. The van der Waals surface area contributed by atoms with Gasteiger partial charge in [0.2, 0.25) is 11.5 Å². The summed E-state index contributed by atoms with van der Waals surface area (Å²) in [5.74, 6) is 0.205. The third-order valence-electron chi connectivity index (χ3n) is 4.07. The van der Waals surface area contributed by atoms with Crippen LogP contribution in [-0.4, -0.2) is 38.0 Å². The third-order valence-corrected chi connectivity index (χ3v) is 4.07. The first-order valence-corrected chi connectivity index (χ1v) is 8.03. The van der Waals surface area contributed by atoms with E-state index in [1.807, 2.05) is 0 Å². The van der Waals surface area contributed by atoms with E-state index >= 15 is 0 Å². The van der Waals surface area contributed by atoms with Crippen LogP contribution in [0.25, 0.3) is 0 Å². The number of nitrogens with one attached hydrogen (secondary N) is 1. The van der Waals surface area contributed by atoms with Crippen molar-refractivity contribution in [1.82, 2.24) is 5.32 Å². The van der Waals surface area contributed by atoms with Crippen molar-refractivity contribution in [1.29, 1.82) is 0 Å². The molecule has 0 saturated heterocycles. The van der Waals surface area contributed by atoms with Crippen molar-refractivity contribution < 1.29 is 32.5 Å². The second-order valence-corrected chi connectivity index (χ2v) is 5.87. The largest absolute Gasteiger partial charge is 0.493 e. The van der Waals surface area contributed by atoms with Gasteiger partial charge < -0.3 is 19.9 Å². The van der Waals surface area contributed by atoms with Crippen LogP contribution in [0.5, 0.6) is 11.5 Å². The Kier molecular flexibility index (Phi) is 6.32. The van der Waals surface area contributed by atoms with Crippen LogP contribution >= 0.6 is 0 Å². The number of carbonyl (C=O) groups excluding carboxylic acids is 1. The molecule has 0 bridgehead atoms. The van der Waals surface area contributed by atoms with Crippen LogP contribution in [0.1, 0.15) is 11.1 Å². The quantitative estimate of drug-likeness (QED) is 0.772. The molecular formula is C19H20F3NO4. The van der Waals surface area contributed by atoms with Gasteiger partial charge in [-0.25, -0.2) is 0 Å². The van der Waals surface area contributed by atoms with Crippen molar-refractivity contribution in [2.45, 2.75) is 18.2 Å². The molecule has 0 heterocycles. The number of amides is 1. The Morgan fingerprint density at radius 1 is 1.04 bits per heavy atom. The molecule has 1 amide bonds. The van der Waals surface area contributed by atoms with Gasteiger partial charge in [0.05, 0.1) is 27.2 Å². The molecule has 8 heteroatoms. The van der Waals surface area contributed by atoms with Gasteiger partial charge in [0.1, 0.15) is 0 Å². The van der Waals surface area contributed by atoms with Gasteiger partial charge in [-0.2, -0.15) is 13.2 Å². The molecule has 2 N–H and O–H groups in total. The van der Waals surface area contributed by atoms with E-state index in [4.69, 9.17) is 9.47 Å². The number of hydrogen-bond donors (Lipinski definition) is 2. The van der Waals surface area contributed by atoms with Gasteiger partial charge in [-0.15, -0.1) is 0 Å². The highest BCUT2D eigenvalue weighted by Crippen LogP contribution is 2.38. The summed E-state index contributed by atoms with van der Waals surface area (Å²) in [6.45, 7) is -0.993. The standard InChI is InChI=1S/C19H20F3NO4/c1-26-15-9-8-13(10-16(15)27-2)11-17(24)23-12-18(25,19(20,21)22)14-6-4-3-5-7-14/h3-10,25H,11-12H2,1-2H3,(H,23,24)/t18-/m0/s1. The van der Waals surface area contributed by atoms with E-state index < -0.39 is 24.2 Å². The van der Waals surface area contributed by atoms with Crippen molar-refractivity contribution in [3.63, 3.8) is 0 Å². The Morgan fingerprint density at radius 3 is 2.22 bits per heavy atom. The van der Waals surface area contributed by atoms with E-state index in [9.17, 15) is 23.1 Å². The molecule has 0 radical (unpaired) electrons. The summed E-state index contributed by atoms with van der Waals surface area (Å²) in [4.78, 5) is 12.1. The van der Waals surface area contributed by atoms with Gasteiger partial charge >= 0.3 is 6.18 Å². The number of halogens is 3. The average molecular weight is 383 g/mol. The molecule has 2 aromatic rings. The molecule has 2 rings (SSSR count). The number of carbonyl (C=O) groups is 1. The molecule has 0 aromatic heterocycles. The minimum Gasteiger partial charge on any atom is -0.493 e. The van der Waals surface area contributed by atoms with Crippen LogP contribution < -0.4 is 14.8 Å². The molecule has 0 unspecified atom stereocenters. The Bertz CT molecular complexity index is 780. The molecule has 146 valence electrons. The zero-order chi connectivity index (χ0) is 20.1. The zero-order valence-corrected chi connectivity index (χ0v) is 14.8. The van der Waals surface area contributed by atoms with E-state index in [2.05, 4.69) is 5.32 Å². The third kappa shape index (κ3) is 4.71. The predicted octanol–water partition coefficient (Wildman–Crippen LogP) is 2.81. The molecule has 0 saturated carbocycles. The summed E-state index contributed by atoms with van der Waals surface area (Å²) >= 11 is 0. The molecule has 0 aliphatic rings. The second kappa shape index (κ2) is 8.30. The summed E-state index contributed by atoms with van der Waals surface area (Å²) in [5, 5.41) is 12.4. The highest BCUT2D eigenvalue weighted by Gasteiger charge is 2.55. The lowest BCUT2D eigenvalue weighted by Gasteiger charge is -2.31. The number of methoxy groups -OCH3 is 2. The van der Waals surface area contributed by atoms with Crippen LogP contribution in [-0.2, 0) is 16.8 Å². The van der Waals surface area contributed by atoms with Crippen molar-refractivity contribution in [2.75, 3.05) is 20.8 Å². The summed E-state index contributed by atoms with van der Waals surface area (Å²) in [6.07, 6.45) is -5.13. The van der Waals surface area contributed by atoms with E-state index in [1.165, 1.54) is 32.4 Å². The monoisotopic (exact) mass is 383 g/mol. The molecule has 2 aromatic carbocycles. The van der Waals surface area contributed by atoms with E-state index in [0.717, 1.165) is 12.1 Å². The normalized spacial score (nSPS) is 13.6. The first-order chi connectivity index (χ1) is 12.7. The van der Waals surface area contributed by atoms with Crippen molar-refractivity contribution in [3.05, 3.63) is 59.7 Å². The Labute approximate surface area is 154 Å². The molecule has 0 spiro atoms. The summed E-state index contributed by atoms with van der Waals surface area (Å²) in [7, 11) is 2.90. The number of hydrogen-bond acceptors (Lipinski definition) is 4. The average Bonchev–Trinajstić information content (AvgIpc) is 2.65. The fourth-order valence-corrected chi connectivity index (χ4v) is 2.54. The summed E-state index contributed by atoms with van der Waals surface area (Å²) in [6, 6.07) is 11.4. The van der Waals surface area contributed by atoms with Gasteiger partial charge in [0.25, 0.3) is 0 Å². The summed E-state index contributed by atoms with van der Waals surface area (Å²) < 4.78 is 50.5. The Balaban J connectivity index is 2.11. The van der Waals surface area contributed by atoms with Gasteiger partial charge in [-0.05, 0) is 23.3 Å². The maximum absolute atomic E-state index is 13.4.